The van der Waals surface area contributed by atoms with Crippen LogP contribution in [0.15, 0.2) is 53.1 Å². The molecule has 3 aromatic rings. The number of alkyl halides is 3. The van der Waals surface area contributed by atoms with E-state index in [9.17, 15) is 22.4 Å². The molecule has 4 rings (SSSR count). The maximum absolute atomic E-state index is 13.6. The second-order valence-corrected chi connectivity index (χ2v) is 8.47. The summed E-state index contributed by atoms with van der Waals surface area (Å²) >= 11 is 0. The van der Waals surface area contributed by atoms with E-state index in [-0.39, 0.29) is 24.2 Å². The zero-order chi connectivity index (χ0) is 24.5. The van der Waals surface area contributed by atoms with Crippen molar-refractivity contribution < 1.29 is 26.9 Å². The lowest BCUT2D eigenvalue weighted by atomic mass is 9.84. The molecule has 0 bridgehead atoms. The predicted octanol–water partition coefficient (Wildman–Crippen LogP) is 4.78. The van der Waals surface area contributed by atoms with Gasteiger partial charge in [-0.15, -0.1) is 0 Å². The van der Waals surface area contributed by atoms with E-state index < -0.39 is 24.2 Å². The molecule has 1 saturated heterocycles. The Morgan fingerprint density at radius 2 is 1.94 bits per heavy atom. The number of likely N-dealkylation sites (tertiary alicyclic amines) is 1. The summed E-state index contributed by atoms with van der Waals surface area (Å²) in [6, 6.07) is 12.5. The zero-order valence-electron chi connectivity index (χ0n) is 18.6. The van der Waals surface area contributed by atoms with Gasteiger partial charge in [-0.1, -0.05) is 35.5 Å². The van der Waals surface area contributed by atoms with E-state index in [0.29, 0.717) is 29.9 Å². The molecule has 1 fully saturated rings. The van der Waals surface area contributed by atoms with Crippen LogP contribution in [0.4, 0.5) is 17.6 Å². The fraction of sp³-hybridized carbons (Fsp3) is 0.375. The first-order valence-corrected chi connectivity index (χ1v) is 10.9. The van der Waals surface area contributed by atoms with Gasteiger partial charge in [0, 0.05) is 24.1 Å². The molecule has 0 radical (unpaired) electrons. The third kappa shape index (κ3) is 5.11. The van der Waals surface area contributed by atoms with Gasteiger partial charge in [0.15, 0.2) is 0 Å². The zero-order valence-corrected chi connectivity index (χ0v) is 18.6. The van der Waals surface area contributed by atoms with Gasteiger partial charge in [0.2, 0.25) is 11.7 Å². The number of carbonyl (C=O) groups is 1. The van der Waals surface area contributed by atoms with Crippen LogP contribution in [-0.4, -0.2) is 46.3 Å². The highest BCUT2D eigenvalue weighted by molar-refractivity contribution is 5.82. The molecule has 34 heavy (non-hydrogen) atoms. The van der Waals surface area contributed by atoms with Crippen molar-refractivity contribution in [3.63, 3.8) is 0 Å². The number of nitrogens with zero attached hydrogens (tertiary/aromatic N) is 3. The average molecular weight is 476 g/mol. The molecule has 180 valence electrons. The lowest BCUT2D eigenvalue weighted by Gasteiger charge is -2.41. The van der Waals surface area contributed by atoms with Gasteiger partial charge in [-0.25, -0.2) is 4.39 Å². The Labute approximate surface area is 194 Å². The second kappa shape index (κ2) is 9.54. The number of hydrogen-bond acceptors (Lipinski definition) is 5. The Morgan fingerprint density at radius 3 is 2.62 bits per heavy atom. The van der Waals surface area contributed by atoms with Crippen LogP contribution in [0.1, 0.15) is 42.3 Å². The van der Waals surface area contributed by atoms with E-state index in [1.165, 1.54) is 6.07 Å². The number of carbonyl (C=O) groups excluding carboxylic acids is 1. The van der Waals surface area contributed by atoms with Crippen LogP contribution in [0.5, 0.6) is 0 Å². The van der Waals surface area contributed by atoms with E-state index in [4.69, 9.17) is 4.52 Å². The number of nitrogens with one attached hydrogen (secondary N) is 1. The molecule has 1 aromatic heterocycles. The summed E-state index contributed by atoms with van der Waals surface area (Å²) in [5, 5.41) is 6.16. The summed E-state index contributed by atoms with van der Waals surface area (Å²) in [4.78, 5) is 18.1. The van der Waals surface area contributed by atoms with Gasteiger partial charge in [0.25, 0.3) is 0 Å². The van der Waals surface area contributed by atoms with Crippen molar-refractivity contribution in [3.05, 3.63) is 71.4 Å². The standard InChI is InChI=1S/C24H24F4N4O2/c1-14-12-17(8-9-19(14)25)21-30-22(34-31-21)15(2)32-11-10-18(16-6-4-3-5-7-16)20(13-32)29-23(33)24(26,27)28/h3-9,12,15,18,20H,10-11,13H2,1-2H3,(H,29,33)/t15?,18-,20-/m1/s1. The van der Waals surface area contributed by atoms with Crippen molar-refractivity contribution in [2.45, 2.75) is 44.4 Å². The summed E-state index contributed by atoms with van der Waals surface area (Å²) in [5.41, 5.74) is 1.91. The van der Waals surface area contributed by atoms with Crippen LogP contribution < -0.4 is 5.32 Å². The van der Waals surface area contributed by atoms with Crippen LogP contribution in [0.25, 0.3) is 11.4 Å². The van der Waals surface area contributed by atoms with Crippen LogP contribution in [0.3, 0.4) is 0 Å². The molecule has 3 atom stereocenters. The van der Waals surface area contributed by atoms with Crippen LogP contribution >= 0.6 is 0 Å². The van der Waals surface area contributed by atoms with Crippen molar-refractivity contribution in [3.8, 4) is 11.4 Å². The van der Waals surface area contributed by atoms with Gasteiger partial charge in [-0.2, -0.15) is 18.2 Å². The minimum Gasteiger partial charge on any atom is -0.344 e. The van der Waals surface area contributed by atoms with Gasteiger partial charge >= 0.3 is 12.1 Å². The maximum Gasteiger partial charge on any atom is 0.471 e. The molecule has 0 spiro atoms. The van der Waals surface area contributed by atoms with Gasteiger partial charge < -0.3 is 9.84 Å². The molecule has 6 nitrogen and oxygen atoms in total. The highest BCUT2D eigenvalue weighted by Crippen LogP contribution is 2.33. The second-order valence-electron chi connectivity index (χ2n) is 8.47. The molecular weight excluding hydrogens is 452 g/mol. The molecular formula is C24H24F4N4O2. The maximum atomic E-state index is 13.6. The molecule has 2 aromatic carbocycles. The Morgan fingerprint density at radius 1 is 1.21 bits per heavy atom. The van der Waals surface area contributed by atoms with Crippen molar-refractivity contribution in [1.82, 2.24) is 20.4 Å². The Kier molecular flexibility index (Phi) is 6.70. The van der Waals surface area contributed by atoms with E-state index >= 15 is 0 Å². The molecule has 1 unspecified atom stereocenters. The normalized spacial score (nSPS) is 20.2. The molecule has 1 amide bonds. The van der Waals surface area contributed by atoms with Crippen LogP contribution in [0.2, 0.25) is 0 Å². The number of aryl methyl sites for hydroxylation is 1. The largest absolute Gasteiger partial charge is 0.471 e. The van der Waals surface area contributed by atoms with Gasteiger partial charge in [-0.05, 0) is 56.1 Å². The Bertz CT molecular complexity index is 1150. The summed E-state index contributed by atoms with van der Waals surface area (Å²) in [7, 11) is 0. The highest BCUT2D eigenvalue weighted by Gasteiger charge is 2.43. The third-order valence-corrected chi connectivity index (χ3v) is 6.21. The van der Waals surface area contributed by atoms with Crippen molar-refractivity contribution in [2.24, 2.45) is 0 Å². The van der Waals surface area contributed by atoms with Crippen molar-refractivity contribution >= 4 is 5.91 Å². The molecule has 1 N–H and O–H groups in total. The first-order chi connectivity index (χ1) is 16.1. The monoisotopic (exact) mass is 476 g/mol. The number of piperidine rings is 1. The minimum absolute atomic E-state index is 0.177. The Balaban J connectivity index is 1.53. The lowest BCUT2D eigenvalue weighted by Crippen LogP contribution is -2.54. The van der Waals surface area contributed by atoms with Gasteiger partial charge in [-0.3, -0.25) is 9.69 Å². The van der Waals surface area contributed by atoms with Crippen LogP contribution in [0, 0.1) is 12.7 Å². The summed E-state index contributed by atoms with van der Waals surface area (Å²) in [6.45, 7) is 4.19. The predicted molar refractivity (Wildman–Crippen MR) is 116 cm³/mol. The number of halogens is 4. The van der Waals surface area contributed by atoms with Crippen LogP contribution in [-0.2, 0) is 4.79 Å². The first kappa shape index (κ1) is 23.9. The summed E-state index contributed by atoms with van der Waals surface area (Å²) in [5.74, 6) is -1.98. The third-order valence-electron chi connectivity index (χ3n) is 6.21. The number of rotatable bonds is 5. The number of benzene rings is 2. The smallest absolute Gasteiger partial charge is 0.344 e. The summed E-state index contributed by atoms with van der Waals surface area (Å²) in [6.07, 6.45) is -4.43. The lowest BCUT2D eigenvalue weighted by molar-refractivity contribution is -0.175. The molecule has 1 aliphatic heterocycles. The summed E-state index contributed by atoms with van der Waals surface area (Å²) < 4.78 is 58.0. The molecule has 1 aliphatic rings. The van der Waals surface area contributed by atoms with E-state index in [2.05, 4.69) is 15.5 Å². The molecule has 2 heterocycles. The highest BCUT2D eigenvalue weighted by atomic mass is 19.4. The topological polar surface area (TPSA) is 71.3 Å². The molecule has 10 heteroatoms. The fourth-order valence-corrected chi connectivity index (χ4v) is 4.29. The average Bonchev–Trinajstić information content (AvgIpc) is 3.30. The van der Waals surface area contributed by atoms with E-state index in [1.807, 2.05) is 42.2 Å². The van der Waals surface area contributed by atoms with E-state index in [0.717, 1.165) is 5.56 Å². The van der Waals surface area contributed by atoms with E-state index in [1.54, 1.807) is 19.1 Å². The number of aromatic nitrogens is 2. The number of amides is 1. The first-order valence-electron chi connectivity index (χ1n) is 10.9. The SMILES string of the molecule is Cc1cc(-c2noc(C(C)N3CC[C@H](c4ccccc4)[C@H](NC(=O)C(F)(F)F)C3)n2)ccc1F. The van der Waals surface area contributed by atoms with Crippen molar-refractivity contribution in [1.29, 1.82) is 0 Å². The fourth-order valence-electron chi connectivity index (χ4n) is 4.29. The Hall–Kier alpha value is -3.27. The quantitative estimate of drug-likeness (QED) is 0.537. The number of hydrogen-bond donors (Lipinski definition) is 1. The minimum atomic E-state index is -4.97. The van der Waals surface area contributed by atoms with Gasteiger partial charge in [0.05, 0.1) is 6.04 Å². The molecule has 0 saturated carbocycles. The van der Waals surface area contributed by atoms with Crippen molar-refractivity contribution in [2.75, 3.05) is 13.1 Å². The molecule has 0 aliphatic carbocycles. The van der Waals surface area contributed by atoms with Gasteiger partial charge in [0.1, 0.15) is 5.82 Å².